The lowest BCUT2D eigenvalue weighted by atomic mass is 9.97. The van der Waals surface area contributed by atoms with Gasteiger partial charge in [-0.3, -0.25) is 0 Å². The monoisotopic (exact) mass is 204 g/mol. The molecule has 0 spiro atoms. The highest BCUT2D eigenvalue weighted by Crippen LogP contribution is 2.48. The van der Waals surface area contributed by atoms with Crippen LogP contribution in [-0.2, 0) is 10.2 Å². The van der Waals surface area contributed by atoms with E-state index in [2.05, 4.69) is 44.2 Å². The lowest BCUT2D eigenvalue weighted by Crippen LogP contribution is -2.19. The van der Waals surface area contributed by atoms with Crippen molar-refractivity contribution in [2.75, 3.05) is 6.61 Å². The zero-order valence-corrected chi connectivity index (χ0v) is 9.70. The standard InChI is InChI=1S/C14H20O/c1-3-12(2)15-11-14(9-10-14)13-7-5-4-6-8-13/h4-8,12H,3,9-11H2,1-2H3. The second kappa shape index (κ2) is 4.36. The van der Waals surface area contributed by atoms with E-state index in [4.69, 9.17) is 4.74 Å². The van der Waals surface area contributed by atoms with E-state index >= 15 is 0 Å². The molecule has 1 aromatic carbocycles. The van der Waals surface area contributed by atoms with Gasteiger partial charge < -0.3 is 4.74 Å². The van der Waals surface area contributed by atoms with E-state index in [1.165, 1.54) is 18.4 Å². The van der Waals surface area contributed by atoms with Gasteiger partial charge >= 0.3 is 0 Å². The molecule has 0 bridgehead atoms. The molecule has 1 fully saturated rings. The highest BCUT2D eigenvalue weighted by atomic mass is 16.5. The van der Waals surface area contributed by atoms with Crippen LogP contribution in [-0.4, -0.2) is 12.7 Å². The third-order valence-electron chi connectivity index (χ3n) is 3.46. The van der Waals surface area contributed by atoms with Crippen molar-refractivity contribution in [1.29, 1.82) is 0 Å². The van der Waals surface area contributed by atoms with Crippen molar-refractivity contribution >= 4 is 0 Å². The Morgan fingerprint density at radius 1 is 1.27 bits per heavy atom. The van der Waals surface area contributed by atoms with Crippen molar-refractivity contribution in [1.82, 2.24) is 0 Å². The Kier molecular flexibility index (Phi) is 3.11. The minimum Gasteiger partial charge on any atom is -0.378 e. The summed E-state index contributed by atoms with van der Waals surface area (Å²) in [4.78, 5) is 0. The molecule has 0 amide bonds. The van der Waals surface area contributed by atoms with Gasteiger partial charge in [-0.1, -0.05) is 37.3 Å². The van der Waals surface area contributed by atoms with Gasteiger partial charge in [0.1, 0.15) is 0 Å². The summed E-state index contributed by atoms with van der Waals surface area (Å²) in [5, 5.41) is 0. The molecule has 1 aromatic rings. The zero-order chi connectivity index (χ0) is 10.7. The molecule has 1 aliphatic carbocycles. The summed E-state index contributed by atoms with van der Waals surface area (Å²) in [5.41, 5.74) is 1.80. The molecule has 1 aliphatic rings. The van der Waals surface area contributed by atoms with Gasteiger partial charge in [-0.15, -0.1) is 0 Å². The molecular weight excluding hydrogens is 184 g/mol. The van der Waals surface area contributed by atoms with Crippen LogP contribution >= 0.6 is 0 Å². The van der Waals surface area contributed by atoms with Crippen molar-refractivity contribution < 1.29 is 4.74 Å². The van der Waals surface area contributed by atoms with Crippen LogP contribution in [0.1, 0.15) is 38.7 Å². The molecule has 1 nitrogen and oxygen atoms in total. The predicted octanol–water partition coefficient (Wildman–Crippen LogP) is 3.53. The largest absolute Gasteiger partial charge is 0.378 e. The van der Waals surface area contributed by atoms with Crippen LogP contribution in [0.2, 0.25) is 0 Å². The van der Waals surface area contributed by atoms with E-state index in [1.807, 2.05) is 0 Å². The van der Waals surface area contributed by atoms with Crippen LogP contribution in [0.15, 0.2) is 30.3 Å². The van der Waals surface area contributed by atoms with Crippen LogP contribution in [0.4, 0.5) is 0 Å². The minimum absolute atomic E-state index is 0.352. The summed E-state index contributed by atoms with van der Waals surface area (Å²) >= 11 is 0. The molecule has 82 valence electrons. The predicted molar refractivity (Wildman–Crippen MR) is 63.1 cm³/mol. The average molecular weight is 204 g/mol. The van der Waals surface area contributed by atoms with Crippen LogP contribution in [0.5, 0.6) is 0 Å². The van der Waals surface area contributed by atoms with Crippen LogP contribution in [0, 0.1) is 0 Å². The zero-order valence-electron chi connectivity index (χ0n) is 9.70. The van der Waals surface area contributed by atoms with Gasteiger partial charge in [-0.25, -0.2) is 0 Å². The van der Waals surface area contributed by atoms with Crippen molar-refractivity contribution in [2.24, 2.45) is 0 Å². The third-order valence-corrected chi connectivity index (χ3v) is 3.46. The molecule has 1 atom stereocenters. The highest BCUT2D eigenvalue weighted by molar-refractivity contribution is 5.31. The Balaban J connectivity index is 1.97. The van der Waals surface area contributed by atoms with E-state index in [1.54, 1.807) is 0 Å². The van der Waals surface area contributed by atoms with Gasteiger partial charge in [0.25, 0.3) is 0 Å². The van der Waals surface area contributed by atoms with E-state index in [0.29, 0.717) is 11.5 Å². The minimum atomic E-state index is 0.352. The van der Waals surface area contributed by atoms with Gasteiger partial charge in [0.2, 0.25) is 0 Å². The first-order valence-electron chi connectivity index (χ1n) is 5.94. The van der Waals surface area contributed by atoms with Gasteiger partial charge in [0.05, 0.1) is 12.7 Å². The molecule has 0 heterocycles. The highest BCUT2D eigenvalue weighted by Gasteiger charge is 2.44. The second-order valence-corrected chi connectivity index (χ2v) is 4.68. The third kappa shape index (κ3) is 2.40. The molecule has 1 heteroatoms. The molecule has 15 heavy (non-hydrogen) atoms. The first-order valence-corrected chi connectivity index (χ1v) is 5.94. The van der Waals surface area contributed by atoms with Gasteiger partial charge in [0, 0.05) is 5.41 Å². The number of hydrogen-bond donors (Lipinski definition) is 0. The summed E-state index contributed by atoms with van der Waals surface area (Å²) in [7, 11) is 0. The summed E-state index contributed by atoms with van der Waals surface area (Å²) < 4.78 is 5.87. The summed E-state index contributed by atoms with van der Waals surface area (Å²) in [6.45, 7) is 5.22. The summed E-state index contributed by atoms with van der Waals surface area (Å²) in [5.74, 6) is 0. The lowest BCUT2D eigenvalue weighted by Gasteiger charge is -2.19. The SMILES string of the molecule is CCC(C)OCC1(c2ccccc2)CC1. The van der Waals surface area contributed by atoms with E-state index < -0.39 is 0 Å². The molecule has 0 saturated heterocycles. The van der Waals surface area contributed by atoms with Gasteiger partial charge in [-0.2, -0.15) is 0 Å². The smallest absolute Gasteiger partial charge is 0.0566 e. The lowest BCUT2D eigenvalue weighted by molar-refractivity contribution is 0.0480. The normalized spacial score (nSPS) is 19.9. The maximum atomic E-state index is 5.87. The first-order chi connectivity index (χ1) is 7.27. The fourth-order valence-electron chi connectivity index (χ4n) is 1.88. The van der Waals surface area contributed by atoms with Crippen molar-refractivity contribution in [3.63, 3.8) is 0 Å². The van der Waals surface area contributed by atoms with Crippen LogP contribution in [0.3, 0.4) is 0 Å². The Hall–Kier alpha value is -0.820. The maximum absolute atomic E-state index is 5.87. The molecule has 0 aliphatic heterocycles. The molecule has 1 saturated carbocycles. The van der Waals surface area contributed by atoms with Crippen LogP contribution in [0.25, 0.3) is 0 Å². The Morgan fingerprint density at radius 3 is 2.47 bits per heavy atom. The average Bonchev–Trinajstić information content (AvgIpc) is 3.08. The Morgan fingerprint density at radius 2 is 1.93 bits per heavy atom. The number of hydrogen-bond acceptors (Lipinski definition) is 1. The Labute approximate surface area is 92.5 Å². The van der Waals surface area contributed by atoms with E-state index in [-0.39, 0.29) is 0 Å². The molecule has 2 rings (SSSR count). The molecule has 0 radical (unpaired) electrons. The fraction of sp³-hybridized carbons (Fsp3) is 0.571. The topological polar surface area (TPSA) is 9.23 Å². The van der Waals surface area contributed by atoms with Crippen molar-refractivity contribution in [2.45, 2.75) is 44.6 Å². The number of benzene rings is 1. The second-order valence-electron chi connectivity index (χ2n) is 4.68. The summed E-state index contributed by atoms with van der Waals surface area (Å²) in [6.07, 6.45) is 4.07. The van der Waals surface area contributed by atoms with Crippen LogP contribution < -0.4 is 0 Å². The molecule has 0 N–H and O–H groups in total. The first kappa shape index (κ1) is 10.7. The van der Waals surface area contributed by atoms with Gasteiger partial charge in [0.15, 0.2) is 0 Å². The number of rotatable bonds is 5. The van der Waals surface area contributed by atoms with Crippen molar-refractivity contribution in [3.8, 4) is 0 Å². The summed E-state index contributed by atoms with van der Waals surface area (Å²) in [6, 6.07) is 10.8. The molecular formula is C14H20O. The van der Waals surface area contributed by atoms with Gasteiger partial charge in [-0.05, 0) is 31.7 Å². The molecule has 1 unspecified atom stereocenters. The fourth-order valence-corrected chi connectivity index (χ4v) is 1.88. The Bertz CT molecular complexity index is 300. The maximum Gasteiger partial charge on any atom is 0.0566 e. The quantitative estimate of drug-likeness (QED) is 0.713. The van der Waals surface area contributed by atoms with E-state index in [0.717, 1.165) is 13.0 Å². The van der Waals surface area contributed by atoms with E-state index in [9.17, 15) is 0 Å². The molecule has 0 aromatic heterocycles. The number of ether oxygens (including phenoxy) is 1. The van der Waals surface area contributed by atoms with Crippen molar-refractivity contribution in [3.05, 3.63) is 35.9 Å².